The highest BCUT2D eigenvalue weighted by molar-refractivity contribution is 5.72. The summed E-state index contributed by atoms with van der Waals surface area (Å²) in [5, 5.41) is 17.2. The molecular weight excluding hydrogens is 396 g/mol. The van der Waals surface area contributed by atoms with Crippen molar-refractivity contribution in [2.45, 2.75) is 12.8 Å². The number of benzene rings is 2. The van der Waals surface area contributed by atoms with Crippen LogP contribution in [-0.4, -0.2) is 31.0 Å². The fourth-order valence-corrected chi connectivity index (χ4v) is 3.72. The van der Waals surface area contributed by atoms with Gasteiger partial charge in [-0.2, -0.15) is 5.26 Å². The summed E-state index contributed by atoms with van der Waals surface area (Å²) in [5.41, 5.74) is 9.45. The van der Waals surface area contributed by atoms with Crippen molar-refractivity contribution in [3.05, 3.63) is 65.0 Å². The number of ether oxygens (including phenoxy) is 4. The second kappa shape index (κ2) is 8.32. The van der Waals surface area contributed by atoms with Gasteiger partial charge in [-0.3, -0.25) is 5.10 Å². The minimum absolute atomic E-state index is 0.0246. The number of methoxy groups -OCH3 is 2. The Labute approximate surface area is 179 Å². The molecule has 0 bridgehead atoms. The van der Waals surface area contributed by atoms with Gasteiger partial charge in [0.25, 0.3) is 0 Å². The number of hydrogen-bond acceptors (Lipinski definition) is 7. The van der Waals surface area contributed by atoms with E-state index >= 15 is 0 Å². The van der Waals surface area contributed by atoms with Gasteiger partial charge < -0.3 is 24.7 Å². The molecule has 1 aromatic heterocycles. The maximum Gasteiger partial charge on any atom is 0.244 e. The van der Waals surface area contributed by atoms with Crippen LogP contribution in [-0.2, 0) is 0 Å². The van der Waals surface area contributed by atoms with Crippen molar-refractivity contribution >= 4 is 0 Å². The van der Waals surface area contributed by atoms with Crippen LogP contribution in [0.25, 0.3) is 11.3 Å². The molecule has 0 spiro atoms. The number of nitriles is 1. The van der Waals surface area contributed by atoms with E-state index in [9.17, 15) is 5.26 Å². The van der Waals surface area contributed by atoms with Crippen molar-refractivity contribution in [1.82, 2.24) is 10.2 Å². The fourth-order valence-electron chi connectivity index (χ4n) is 3.72. The Kier molecular flexibility index (Phi) is 5.41. The first-order chi connectivity index (χ1) is 15.1. The Hall–Kier alpha value is -4.12. The number of aromatic amines is 1. The molecule has 0 saturated carbocycles. The molecule has 8 heteroatoms. The molecule has 0 radical (unpaired) electrons. The number of fused-ring (bicyclic) bond motifs is 1. The monoisotopic (exact) mass is 418 g/mol. The molecule has 8 nitrogen and oxygen atoms in total. The zero-order valence-corrected chi connectivity index (χ0v) is 17.4. The molecule has 0 aliphatic carbocycles. The van der Waals surface area contributed by atoms with Crippen molar-refractivity contribution in [3.8, 4) is 40.5 Å². The average molecular weight is 418 g/mol. The van der Waals surface area contributed by atoms with E-state index in [1.165, 1.54) is 0 Å². The predicted octanol–water partition coefficient (Wildman–Crippen LogP) is 3.71. The molecule has 0 amide bonds. The first-order valence-electron chi connectivity index (χ1n) is 9.72. The number of rotatable bonds is 6. The molecule has 0 fully saturated rings. The second-order valence-electron chi connectivity index (χ2n) is 6.82. The standard InChI is InChI=1S/C23H22N4O4/c1-4-30-17-9-8-13(11-18(17)29-3)19-16(12-24)22(25)31-23-20(19)21(26-27-23)14-6-5-7-15(10-14)28-2/h5-11,19H,4,25H2,1-3H3,(H,26,27)/t19-/m0/s1. The SMILES string of the molecule is CCOc1ccc([C@H]2C(C#N)=C(N)Oc3n[nH]c(-c4cccc(OC)c4)c32)cc1OC. The third-order valence-electron chi connectivity index (χ3n) is 5.12. The molecule has 0 saturated heterocycles. The predicted molar refractivity (Wildman–Crippen MR) is 114 cm³/mol. The number of hydrogen-bond donors (Lipinski definition) is 2. The van der Waals surface area contributed by atoms with Crippen molar-refractivity contribution in [1.29, 1.82) is 5.26 Å². The van der Waals surface area contributed by atoms with E-state index in [2.05, 4.69) is 16.3 Å². The normalized spacial score (nSPS) is 15.0. The van der Waals surface area contributed by atoms with E-state index in [-0.39, 0.29) is 5.88 Å². The van der Waals surface area contributed by atoms with Crippen LogP contribution >= 0.6 is 0 Å². The van der Waals surface area contributed by atoms with E-state index in [4.69, 9.17) is 24.7 Å². The average Bonchev–Trinajstić information content (AvgIpc) is 3.22. The van der Waals surface area contributed by atoms with Crippen LogP contribution in [0, 0.1) is 11.3 Å². The van der Waals surface area contributed by atoms with Crippen molar-refractivity contribution < 1.29 is 18.9 Å². The van der Waals surface area contributed by atoms with Crippen molar-refractivity contribution in [3.63, 3.8) is 0 Å². The molecule has 2 heterocycles. The van der Waals surface area contributed by atoms with Gasteiger partial charge in [0.15, 0.2) is 11.5 Å². The van der Waals surface area contributed by atoms with Gasteiger partial charge in [-0.25, -0.2) is 0 Å². The summed E-state index contributed by atoms with van der Waals surface area (Å²) >= 11 is 0. The summed E-state index contributed by atoms with van der Waals surface area (Å²) < 4.78 is 22.2. The molecule has 3 aromatic rings. The quantitative estimate of drug-likeness (QED) is 0.627. The number of allylic oxidation sites excluding steroid dienone is 1. The zero-order chi connectivity index (χ0) is 22.0. The number of nitrogens with one attached hydrogen (secondary N) is 1. The number of nitrogens with two attached hydrogens (primary N) is 1. The Bertz CT molecular complexity index is 1190. The van der Waals surface area contributed by atoms with Crippen LogP contribution in [0.5, 0.6) is 23.1 Å². The molecule has 3 N–H and O–H groups in total. The van der Waals surface area contributed by atoms with Gasteiger partial charge in [-0.1, -0.05) is 18.2 Å². The first-order valence-corrected chi connectivity index (χ1v) is 9.72. The molecule has 1 aliphatic rings. The lowest BCUT2D eigenvalue weighted by atomic mass is 9.83. The molecule has 158 valence electrons. The zero-order valence-electron chi connectivity index (χ0n) is 17.4. The van der Waals surface area contributed by atoms with Gasteiger partial charge in [0, 0.05) is 5.56 Å². The Balaban J connectivity index is 1.91. The molecule has 1 aliphatic heterocycles. The van der Waals surface area contributed by atoms with Gasteiger partial charge in [0.1, 0.15) is 17.4 Å². The molecule has 2 aromatic carbocycles. The molecular formula is C23H22N4O4. The molecule has 1 atom stereocenters. The number of nitrogens with zero attached hydrogens (tertiary/aromatic N) is 2. The fraction of sp³-hybridized carbons (Fsp3) is 0.217. The van der Waals surface area contributed by atoms with Gasteiger partial charge in [-0.15, -0.1) is 5.10 Å². The summed E-state index contributed by atoms with van der Waals surface area (Å²) in [5.74, 6) is 1.74. The van der Waals surface area contributed by atoms with E-state index in [0.717, 1.165) is 11.1 Å². The Morgan fingerprint density at radius 2 is 2.00 bits per heavy atom. The van der Waals surface area contributed by atoms with Crippen LogP contribution in [0.4, 0.5) is 0 Å². The number of aromatic nitrogens is 2. The maximum atomic E-state index is 9.89. The Morgan fingerprint density at radius 1 is 1.16 bits per heavy atom. The van der Waals surface area contributed by atoms with E-state index in [1.54, 1.807) is 14.2 Å². The van der Waals surface area contributed by atoms with Crippen molar-refractivity contribution in [2.24, 2.45) is 5.73 Å². The van der Waals surface area contributed by atoms with E-state index in [1.807, 2.05) is 49.4 Å². The second-order valence-corrected chi connectivity index (χ2v) is 6.82. The minimum Gasteiger partial charge on any atom is -0.497 e. The van der Waals surface area contributed by atoms with Crippen LogP contribution in [0.3, 0.4) is 0 Å². The largest absolute Gasteiger partial charge is 0.497 e. The lowest BCUT2D eigenvalue weighted by Crippen LogP contribution is -2.21. The third kappa shape index (κ3) is 3.51. The van der Waals surface area contributed by atoms with Gasteiger partial charge in [0.2, 0.25) is 11.8 Å². The van der Waals surface area contributed by atoms with Crippen LogP contribution < -0.4 is 24.7 Å². The number of H-pyrrole nitrogens is 1. The lowest BCUT2D eigenvalue weighted by molar-refractivity contribution is 0.310. The van der Waals surface area contributed by atoms with Gasteiger partial charge >= 0.3 is 0 Å². The van der Waals surface area contributed by atoms with Crippen LogP contribution in [0.15, 0.2) is 53.9 Å². The van der Waals surface area contributed by atoms with Crippen LogP contribution in [0.1, 0.15) is 24.0 Å². The highest BCUT2D eigenvalue weighted by Crippen LogP contribution is 2.47. The summed E-state index contributed by atoms with van der Waals surface area (Å²) in [7, 11) is 3.18. The molecule has 31 heavy (non-hydrogen) atoms. The summed E-state index contributed by atoms with van der Waals surface area (Å²) in [4.78, 5) is 0. The topological polar surface area (TPSA) is 115 Å². The summed E-state index contributed by atoms with van der Waals surface area (Å²) in [6, 6.07) is 15.3. The summed E-state index contributed by atoms with van der Waals surface area (Å²) in [6.07, 6.45) is 0. The molecule has 4 rings (SSSR count). The molecule has 0 unspecified atom stereocenters. The minimum atomic E-state index is -0.502. The highest BCUT2D eigenvalue weighted by atomic mass is 16.5. The highest BCUT2D eigenvalue weighted by Gasteiger charge is 2.36. The smallest absolute Gasteiger partial charge is 0.244 e. The van der Waals surface area contributed by atoms with Gasteiger partial charge in [0.05, 0.1) is 38.0 Å². The Morgan fingerprint density at radius 3 is 2.71 bits per heavy atom. The lowest BCUT2D eigenvalue weighted by Gasteiger charge is -2.25. The van der Waals surface area contributed by atoms with E-state index < -0.39 is 5.92 Å². The van der Waals surface area contributed by atoms with Crippen molar-refractivity contribution in [2.75, 3.05) is 20.8 Å². The first kappa shape index (κ1) is 20.2. The summed E-state index contributed by atoms with van der Waals surface area (Å²) in [6.45, 7) is 2.41. The third-order valence-corrected chi connectivity index (χ3v) is 5.12. The maximum absolute atomic E-state index is 9.89. The van der Waals surface area contributed by atoms with Gasteiger partial charge in [-0.05, 0) is 36.8 Å². The van der Waals surface area contributed by atoms with Crippen LogP contribution in [0.2, 0.25) is 0 Å². The van der Waals surface area contributed by atoms with E-state index in [0.29, 0.717) is 46.6 Å².